The smallest absolute Gasteiger partial charge is 0.120 e. The highest BCUT2D eigenvalue weighted by molar-refractivity contribution is 9.10. The molecule has 1 fully saturated rings. The van der Waals surface area contributed by atoms with Gasteiger partial charge in [-0.25, -0.2) is 0 Å². The molecule has 4 nitrogen and oxygen atoms in total. The first-order valence-electron chi connectivity index (χ1n) is 11.9. The first kappa shape index (κ1) is 23.3. The average molecular weight is 499 g/mol. The van der Waals surface area contributed by atoms with Crippen LogP contribution in [0.3, 0.4) is 0 Å². The summed E-state index contributed by atoms with van der Waals surface area (Å²) < 4.78 is 7.10. The van der Waals surface area contributed by atoms with Crippen LogP contribution in [0, 0.1) is 5.92 Å². The Morgan fingerprint density at radius 3 is 2.50 bits per heavy atom. The second kappa shape index (κ2) is 11.4. The van der Waals surface area contributed by atoms with E-state index in [1.165, 1.54) is 47.2 Å². The lowest BCUT2D eigenvalue weighted by Gasteiger charge is -2.35. The number of benzene rings is 2. The third-order valence-electron chi connectivity index (χ3n) is 6.37. The Bertz CT molecular complexity index is 891. The molecule has 2 aliphatic heterocycles. The Morgan fingerprint density at radius 2 is 1.81 bits per heavy atom. The zero-order chi connectivity index (χ0) is 22.3. The molecule has 32 heavy (non-hydrogen) atoms. The van der Waals surface area contributed by atoms with E-state index < -0.39 is 0 Å². The van der Waals surface area contributed by atoms with E-state index in [-0.39, 0.29) is 6.10 Å². The van der Waals surface area contributed by atoms with E-state index in [1.807, 2.05) is 0 Å². The van der Waals surface area contributed by atoms with Gasteiger partial charge >= 0.3 is 0 Å². The number of nitrogens with one attached hydrogen (secondary N) is 1. The van der Waals surface area contributed by atoms with Crippen LogP contribution in [0.1, 0.15) is 37.8 Å². The second-order valence-corrected chi connectivity index (χ2v) is 10.3. The van der Waals surface area contributed by atoms with Gasteiger partial charge in [-0.05, 0) is 81.4 Å². The summed E-state index contributed by atoms with van der Waals surface area (Å²) in [6.45, 7) is 10.5. The molecule has 0 aromatic heterocycles. The molecule has 0 unspecified atom stereocenters. The Hall–Kier alpha value is -1.82. The number of hydrogen-bond acceptors (Lipinski definition) is 4. The molecule has 2 heterocycles. The highest BCUT2D eigenvalue weighted by atomic mass is 79.9. The minimum absolute atomic E-state index is 0.209. The first-order chi connectivity index (χ1) is 15.5. The number of piperidine rings is 1. The van der Waals surface area contributed by atoms with Crippen molar-refractivity contribution in [3.63, 3.8) is 0 Å². The minimum Gasteiger partial charge on any atom is -0.491 e. The summed E-state index contributed by atoms with van der Waals surface area (Å²) in [5, 5.41) is 3.64. The monoisotopic (exact) mass is 497 g/mol. The van der Waals surface area contributed by atoms with Crippen molar-refractivity contribution in [2.24, 2.45) is 5.92 Å². The van der Waals surface area contributed by atoms with Gasteiger partial charge in [0.2, 0.25) is 0 Å². The van der Waals surface area contributed by atoms with Crippen LogP contribution < -0.4 is 10.1 Å². The summed E-state index contributed by atoms with van der Waals surface area (Å²) >= 11 is 3.74. The van der Waals surface area contributed by atoms with E-state index in [0.717, 1.165) is 44.4 Å². The van der Waals surface area contributed by atoms with E-state index in [2.05, 4.69) is 99.5 Å². The Balaban J connectivity index is 1.22. The molecule has 0 spiro atoms. The SMILES string of the molecule is CC(C)Oc1ccc(Br)c(CC2CCN(CC3=CCN(Cc4ccccc4)CN3)CC2)c1. The minimum atomic E-state index is 0.209. The van der Waals surface area contributed by atoms with Crippen LogP contribution in [-0.2, 0) is 13.0 Å². The van der Waals surface area contributed by atoms with Crippen LogP contribution in [0.4, 0.5) is 0 Å². The topological polar surface area (TPSA) is 27.7 Å². The Labute approximate surface area is 201 Å². The highest BCUT2D eigenvalue weighted by Gasteiger charge is 2.22. The van der Waals surface area contributed by atoms with E-state index in [4.69, 9.17) is 4.74 Å². The third kappa shape index (κ3) is 6.84. The van der Waals surface area contributed by atoms with Crippen molar-refractivity contribution in [2.75, 3.05) is 32.8 Å². The molecule has 1 N–H and O–H groups in total. The fraction of sp³-hybridized carbons (Fsp3) is 0.481. The van der Waals surface area contributed by atoms with Crippen molar-refractivity contribution in [1.29, 1.82) is 0 Å². The summed E-state index contributed by atoms with van der Waals surface area (Å²) in [6.07, 6.45) is 6.22. The van der Waals surface area contributed by atoms with Crippen LogP contribution in [0.2, 0.25) is 0 Å². The number of ether oxygens (including phenoxy) is 1. The van der Waals surface area contributed by atoms with Gasteiger partial charge in [-0.15, -0.1) is 0 Å². The predicted molar refractivity (Wildman–Crippen MR) is 136 cm³/mol. The van der Waals surface area contributed by atoms with Crippen molar-refractivity contribution in [3.8, 4) is 5.75 Å². The Kier molecular flexibility index (Phi) is 8.28. The van der Waals surface area contributed by atoms with E-state index in [0.29, 0.717) is 0 Å². The average Bonchev–Trinajstić information content (AvgIpc) is 2.79. The maximum absolute atomic E-state index is 5.90. The van der Waals surface area contributed by atoms with Crippen molar-refractivity contribution in [2.45, 2.75) is 45.8 Å². The van der Waals surface area contributed by atoms with Crippen molar-refractivity contribution < 1.29 is 4.74 Å². The maximum atomic E-state index is 5.90. The quantitative estimate of drug-likeness (QED) is 0.525. The van der Waals surface area contributed by atoms with E-state index >= 15 is 0 Å². The van der Waals surface area contributed by atoms with Gasteiger partial charge in [0.05, 0.1) is 12.8 Å². The molecular formula is C27H36BrN3O. The number of nitrogens with zero attached hydrogens (tertiary/aromatic N) is 2. The van der Waals surface area contributed by atoms with Gasteiger partial charge in [-0.2, -0.15) is 0 Å². The predicted octanol–water partition coefficient (Wildman–Crippen LogP) is 5.44. The van der Waals surface area contributed by atoms with Crippen LogP contribution in [0.5, 0.6) is 5.75 Å². The number of hydrogen-bond donors (Lipinski definition) is 1. The fourth-order valence-electron chi connectivity index (χ4n) is 4.63. The van der Waals surface area contributed by atoms with Gasteiger partial charge in [0.25, 0.3) is 0 Å². The third-order valence-corrected chi connectivity index (χ3v) is 7.15. The number of halogens is 1. The normalized spacial score (nSPS) is 18.4. The molecule has 5 heteroatoms. The Morgan fingerprint density at radius 1 is 1.03 bits per heavy atom. The summed E-state index contributed by atoms with van der Waals surface area (Å²) in [5.41, 5.74) is 4.13. The number of likely N-dealkylation sites (tertiary alicyclic amines) is 1. The van der Waals surface area contributed by atoms with Crippen LogP contribution >= 0.6 is 15.9 Å². The molecular weight excluding hydrogens is 462 g/mol. The molecule has 0 bridgehead atoms. The molecule has 2 aromatic carbocycles. The van der Waals surface area contributed by atoms with Gasteiger partial charge in [-0.3, -0.25) is 9.80 Å². The molecule has 0 amide bonds. The van der Waals surface area contributed by atoms with Crippen molar-refractivity contribution in [1.82, 2.24) is 15.1 Å². The summed E-state index contributed by atoms with van der Waals surface area (Å²) in [7, 11) is 0. The molecule has 172 valence electrons. The molecule has 2 aromatic rings. The lowest BCUT2D eigenvalue weighted by atomic mass is 9.90. The van der Waals surface area contributed by atoms with Gasteiger partial charge in [0.1, 0.15) is 5.75 Å². The van der Waals surface area contributed by atoms with Crippen molar-refractivity contribution in [3.05, 3.63) is 75.9 Å². The van der Waals surface area contributed by atoms with Gasteiger partial charge < -0.3 is 10.1 Å². The second-order valence-electron chi connectivity index (χ2n) is 9.40. The zero-order valence-corrected chi connectivity index (χ0v) is 21.0. The van der Waals surface area contributed by atoms with Gasteiger partial charge in [-0.1, -0.05) is 52.3 Å². The van der Waals surface area contributed by atoms with Crippen LogP contribution in [0.25, 0.3) is 0 Å². The fourth-order valence-corrected chi connectivity index (χ4v) is 5.03. The molecule has 0 radical (unpaired) electrons. The standard InChI is InChI=1S/C27H36BrN3O/c1-21(2)32-26-8-9-27(28)24(17-26)16-22-10-13-30(14-11-22)19-25-12-15-31(20-29-25)18-23-6-4-3-5-7-23/h3-9,12,17,21-22,29H,10-11,13-16,18-20H2,1-2H3. The van der Waals surface area contributed by atoms with Crippen LogP contribution in [-0.4, -0.2) is 48.8 Å². The molecule has 1 saturated heterocycles. The van der Waals surface area contributed by atoms with Gasteiger partial charge in [0.15, 0.2) is 0 Å². The maximum Gasteiger partial charge on any atom is 0.120 e. The molecule has 0 saturated carbocycles. The lowest BCUT2D eigenvalue weighted by Crippen LogP contribution is -2.43. The first-order valence-corrected chi connectivity index (χ1v) is 12.7. The largest absolute Gasteiger partial charge is 0.491 e. The highest BCUT2D eigenvalue weighted by Crippen LogP contribution is 2.29. The molecule has 4 rings (SSSR count). The van der Waals surface area contributed by atoms with E-state index in [1.54, 1.807) is 0 Å². The lowest BCUT2D eigenvalue weighted by molar-refractivity contribution is 0.186. The van der Waals surface area contributed by atoms with Crippen molar-refractivity contribution >= 4 is 15.9 Å². The van der Waals surface area contributed by atoms with E-state index in [9.17, 15) is 0 Å². The summed E-state index contributed by atoms with van der Waals surface area (Å²) in [5.74, 6) is 1.72. The summed E-state index contributed by atoms with van der Waals surface area (Å²) in [6, 6.07) is 17.1. The molecule has 2 aliphatic rings. The number of rotatable bonds is 8. The van der Waals surface area contributed by atoms with Crippen LogP contribution in [0.15, 0.2) is 64.8 Å². The molecule has 0 aliphatic carbocycles. The van der Waals surface area contributed by atoms with Gasteiger partial charge in [0, 0.05) is 29.8 Å². The molecule has 0 atom stereocenters. The summed E-state index contributed by atoms with van der Waals surface area (Å²) in [4.78, 5) is 5.05. The zero-order valence-electron chi connectivity index (χ0n) is 19.4.